The van der Waals surface area contributed by atoms with Gasteiger partial charge < -0.3 is 20.1 Å². The normalized spacial score (nSPS) is 15.9. The van der Waals surface area contributed by atoms with Crippen molar-refractivity contribution in [1.82, 2.24) is 10.6 Å². The first kappa shape index (κ1) is 22.0. The van der Waals surface area contributed by atoms with Crippen LogP contribution >= 0.6 is 0 Å². The summed E-state index contributed by atoms with van der Waals surface area (Å²) in [6.45, 7) is 4.24. The van der Waals surface area contributed by atoms with E-state index in [1.54, 1.807) is 0 Å². The topological polar surface area (TPSA) is 59.6 Å². The monoisotopic (exact) mass is 422 g/mol. The van der Waals surface area contributed by atoms with E-state index in [-0.39, 0.29) is 23.3 Å². The number of alkyl halides is 3. The molecule has 0 aliphatic heterocycles. The van der Waals surface area contributed by atoms with Gasteiger partial charge in [0.15, 0.2) is 0 Å². The summed E-state index contributed by atoms with van der Waals surface area (Å²) >= 11 is 0. The Kier molecular flexibility index (Phi) is 7.20. The number of hydrogen-bond acceptors (Lipinski definition) is 4. The second kappa shape index (κ2) is 9.84. The van der Waals surface area contributed by atoms with Crippen LogP contribution in [0.15, 0.2) is 42.5 Å². The highest BCUT2D eigenvalue weighted by Crippen LogP contribution is 2.30. The summed E-state index contributed by atoms with van der Waals surface area (Å²) in [7, 11) is 0. The van der Waals surface area contributed by atoms with Crippen LogP contribution in [0.2, 0.25) is 0 Å². The molecule has 0 fully saturated rings. The number of fused-ring (bicyclic) bond motifs is 1. The standard InChI is InChI=1S/C22H25F3N2O3/c1-2-26-12-13-29-20-5-3-4-15-6-9-17(14-19(15)20)27-21(28)16-7-10-18(11-8-16)30-22(23,24)25/h3-5,7-8,10-11,17,26H,2,6,9,12-14H2,1H3,(H,27,28)/t17-/m1/s1. The van der Waals surface area contributed by atoms with E-state index in [1.165, 1.54) is 17.7 Å². The lowest BCUT2D eigenvalue weighted by Crippen LogP contribution is -2.39. The maximum atomic E-state index is 12.5. The van der Waals surface area contributed by atoms with Gasteiger partial charge in [-0.1, -0.05) is 19.1 Å². The molecule has 0 spiro atoms. The molecule has 0 saturated carbocycles. The summed E-state index contributed by atoms with van der Waals surface area (Å²) in [6.07, 6.45) is -2.50. The van der Waals surface area contributed by atoms with E-state index in [0.717, 1.165) is 49.4 Å². The summed E-state index contributed by atoms with van der Waals surface area (Å²) in [5.74, 6) is 0.149. The molecule has 0 unspecified atom stereocenters. The van der Waals surface area contributed by atoms with Crippen LogP contribution < -0.4 is 20.1 Å². The second-order valence-electron chi connectivity index (χ2n) is 7.08. The Labute approximate surface area is 173 Å². The van der Waals surface area contributed by atoms with Crippen molar-refractivity contribution in [2.24, 2.45) is 0 Å². The van der Waals surface area contributed by atoms with E-state index in [0.29, 0.717) is 13.0 Å². The first-order valence-corrected chi connectivity index (χ1v) is 9.96. The van der Waals surface area contributed by atoms with Crippen molar-refractivity contribution in [2.75, 3.05) is 19.7 Å². The van der Waals surface area contributed by atoms with E-state index in [2.05, 4.69) is 21.4 Å². The van der Waals surface area contributed by atoms with Crippen LogP contribution in [0.1, 0.15) is 34.8 Å². The molecule has 1 amide bonds. The molecule has 1 aliphatic rings. The average molecular weight is 422 g/mol. The maximum absolute atomic E-state index is 12.5. The molecule has 2 aromatic rings. The number of halogens is 3. The van der Waals surface area contributed by atoms with Crippen LogP contribution in [0.5, 0.6) is 11.5 Å². The number of hydrogen-bond donors (Lipinski definition) is 2. The highest BCUT2D eigenvalue weighted by atomic mass is 19.4. The lowest BCUT2D eigenvalue weighted by molar-refractivity contribution is -0.274. The molecule has 30 heavy (non-hydrogen) atoms. The van der Waals surface area contributed by atoms with Gasteiger partial charge in [-0.05, 0) is 67.3 Å². The number of rotatable bonds is 8. The average Bonchev–Trinajstić information content (AvgIpc) is 2.70. The predicted molar refractivity (Wildman–Crippen MR) is 107 cm³/mol. The number of benzene rings is 2. The molecule has 0 saturated heterocycles. The molecule has 0 radical (unpaired) electrons. The van der Waals surface area contributed by atoms with Crippen molar-refractivity contribution in [1.29, 1.82) is 0 Å². The summed E-state index contributed by atoms with van der Waals surface area (Å²) in [5, 5.41) is 6.19. The Morgan fingerprint density at radius 2 is 1.93 bits per heavy atom. The van der Waals surface area contributed by atoms with Gasteiger partial charge in [0.25, 0.3) is 5.91 Å². The molecule has 162 valence electrons. The third kappa shape index (κ3) is 6.13. The quantitative estimate of drug-likeness (QED) is 0.635. The second-order valence-corrected chi connectivity index (χ2v) is 7.08. The van der Waals surface area contributed by atoms with Crippen LogP contribution in [0.25, 0.3) is 0 Å². The van der Waals surface area contributed by atoms with Crippen LogP contribution in [-0.2, 0) is 12.8 Å². The molecule has 0 aromatic heterocycles. The Hall–Kier alpha value is -2.74. The SMILES string of the molecule is CCNCCOc1cccc2c1C[C@H](NC(=O)c1ccc(OC(F)(F)F)cc1)CC2. The first-order chi connectivity index (χ1) is 14.4. The van der Waals surface area contributed by atoms with E-state index in [4.69, 9.17) is 4.74 Å². The Morgan fingerprint density at radius 3 is 2.63 bits per heavy atom. The maximum Gasteiger partial charge on any atom is 0.573 e. The van der Waals surface area contributed by atoms with Crippen molar-refractivity contribution < 1.29 is 27.4 Å². The number of aryl methyl sites for hydroxylation is 1. The van der Waals surface area contributed by atoms with E-state index in [9.17, 15) is 18.0 Å². The summed E-state index contributed by atoms with van der Waals surface area (Å²) in [4.78, 5) is 12.5. The van der Waals surface area contributed by atoms with Gasteiger partial charge >= 0.3 is 6.36 Å². The highest BCUT2D eigenvalue weighted by molar-refractivity contribution is 5.94. The van der Waals surface area contributed by atoms with Gasteiger partial charge in [0, 0.05) is 18.2 Å². The molecule has 5 nitrogen and oxygen atoms in total. The fourth-order valence-corrected chi connectivity index (χ4v) is 3.50. The van der Waals surface area contributed by atoms with Gasteiger partial charge in [0.05, 0.1) is 0 Å². The van der Waals surface area contributed by atoms with Crippen molar-refractivity contribution >= 4 is 5.91 Å². The molecule has 2 N–H and O–H groups in total. The lowest BCUT2D eigenvalue weighted by Gasteiger charge is -2.27. The van der Waals surface area contributed by atoms with Gasteiger partial charge in [-0.25, -0.2) is 0 Å². The Morgan fingerprint density at radius 1 is 1.17 bits per heavy atom. The third-order valence-electron chi connectivity index (χ3n) is 4.91. The highest BCUT2D eigenvalue weighted by Gasteiger charge is 2.31. The minimum atomic E-state index is -4.76. The number of carbonyl (C=O) groups is 1. The Bertz CT molecular complexity index is 854. The molecule has 1 atom stereocenters. The van der Waals surface area contributed by atoms with Crippen molar-refractivity contribution in [3.05, 3.63) is 59.2 Å². The zero-order valence-corrected chi connectivity index (χ0v) is 16.7. The molecule has 8 heteroatoms. The van der Waals surface area contributed by atoms with Crippen molar-refractivity contribution in [3.8, 4) is 11.5 Å². The molecule has 0 heterocycles. The largest absolute Gasteiger partial charge is 0.573 e. The van der Waals surface area contributed by atoms with Crippen LogP contribution in [0.3, 0.4) is 0 Å². The van der Waals surface area contributed by atoms with Crippen LogP contribution in [0, 0.1) is 0 Å². The smallest absolute Gasteiger partial charge is 0.492 e. The summed E-state index contributed by atoms with van der Waals surface area (Å²) in [6, 6.07) is 10.8. The minimum absolute atomic E-state index is 0.0744. The fraction of sp³-hybridized carbons (Fsp3) is 0.409. The molecular formula is C22H25F3N2O3. The number of amides is 1. The van der Waals surface area contributed by atoms with E-state index < -0.39 is 6.36 Å². The van der Waals surface area contributed by atoms with Crippen LogP contribution in [-0.4, -0.2) is 38.0 Å². The number of likely N-dealkylation sites (N-methyl/N-ethyl adjacent to an activating group) is 1. The third-order valence-corrected chi connectivity index (χ3v) is 4.91. The number of ether oxygens (including phenoxy) is 2. The van der Waals surface area contributed by atoms with Gasteiger partial charge in [0.1, 0.15) is 18.1 Å². The zero-order valence-electron chi connectivity index (χ0n) is 16.7. The molecule has 0 bridgehead atoms. The molecule has 3 rings (SSSR count). The van der Waals surface area contributed by atoms with Gasteiger partial charge in [-0.15, -0.1) is 13.2 Å². The molecule has 2 aromatic carbocycles. The minimum Gasteiger partial charge on any atom is -0.492 e. The molecule has 1 aliphatic carbocycles. The number of nitrogens with one attached hydrogen (secondary N) is 2. The van der Waals surface area contributed by atoms with E-state index in [1.807, 2.05) is 19.1 Å². The fourth-order valence-electron chi connectivity index (χ4n) is 3.50. The van der Waals surface area contributed by atoms with Crippen LogP contribution in [0.4, 0.5) is 13.2 Å². The van der Waals surface area contributed by atoms with Gasteiger partial charge in [-0.2, -0.15) is 0 Å². The summed E-state index contributed by atoms with van der Waals surface area (Å²) in [5.41, 5.74) is 2.60. The zero-order chi connectivity index (χ0) is 21.6. The van der Waals surface area contributed by atoms with Gasteiger partial charge in [-0.3, -0.25) is 4.79 Å². The molecular weight excluding hydrogens is 397 g/mol. The summed E-state index contributed by atoms with van der Waals surface area (Å²) < 4.78 is 46.5. The Balaban J connectivity index is 1.61. The first-order valence-electron chi connectivity index (χ1n) is 9.96. The number of carbonyl (C=O) groups excluding carboxylic acids is 1. The van der Waals surface area contributed by atoms with Crippen molar-refractivity contribution in [3.63, 3.8) is 0 Å². The van der Waals surface area contributed by atoms with Gasteiger partial charge in [0.2, 0.25) is 0 Å². The van der Waals surface area contributed by atoms with E-state index >= 15 is 0 Å². The predicted octanol–water partition coefficient (Wildman–Crippen LogP) is 3.86. The van der Waals surface area contributed by atoms with Crippen molar-refractivity contribution in [2.45, 2.75) is 38.6 Å². The lowest BCUT2D eigenvalue weighted by atomic mass is 9.87.